The van der Waals surface area contributed by atoms with Crippen molar-refractivity contribution in [2.45, 2.75) is 148 Å². The second kappa shape index (κ2) is 46.0. The zero-order chi connectivity index (χ0) is 48.5. The molecule has 0 saturated carbocycles. The molecule has 0 aromatic rings. The zero-order valence-corrected chi connectivity index (χ0v) is 42.5. The van der Waals surface area contributed by atoms with Gasteiger partial charge >= 0.3 is 19.8 Å². The van der Waals surface area contributed by atoms with E-state index in [1.165, 1.54) is 0 Å². The number of allylic oxidation sites excluding steroid dienone is 24. The molecule has 0 heterocycles. The number of quaternary nitrogens is 1. The molecule has 10 heteroatoms. The maximum Gasteiger partial charge on any atom is 0.472 e. The molecule has 2 unspecified atom stereocenters. The van der Waals surface area contributed by atoms with E-state index in [0.29, 0.717) is 23.9 Å². The Morgan fingerprint density at radius 3 is 1.15 bits per heavy atom. The normalized spacial score (nSPS) is 14.7. The number of carbonyl (C=O) groups is 2. The Bertz CT molecular complexity index is 1620. The van der Waals surface area contributed by atoms with E-state index in [1.54, 1.807) is 0 Å². The van der Waals surface area contributed by atoms with E-state index in [2.05, 4.69) is 160 Å². The number of unbranched alkanes of at least 4 members (excludes halogenated alkanes) is 4. The molecule has 0 radical (unpaired) electrons. The molecular weight excluding hydrogens is 846 g/mol. The molecule has 0 aliphatic carbocycles. The van der Waals surface area contributed by atoms with Crippen molar-refractivity contribution >= 4 is 19.8 Å². The molecule has 0 aliphatic heterocycles. The van der Waals surface area contributed by atoms with E-state index in [1.807, 2.05) is 21.1 Å². The summed E-state index contributed by atoms with van der Waals surface area (Å²) in [6.45, 7) is 4.05. The van der Waals surface area contributed by atoms with Crippen molar-refractivity contribution in [3.05, 3.63) is 146 Å². The van der Waals surface area contributed by atoms with Gasteiger partial charge in [-0.25, -0.2) is 4.57 Å². The van der Waals surface area contributed by atoms with Crippen LogP contribution in [0.1, 0.15) is 142 Å². The van der Waals surface area contributed by atoms with Crippen LogP contribution in [0.4, 0.5) is 0 Å². The van der Waals surface area contributed by atoms with Crippen LogP contribution in [-0.4, -0.2) is 74.9 Å². The minimum Gasteiger partial charge on any atom is -0.462 e. The van der Waals surface area contributed by atoms with E-state index in [0.717, 1.165) is 103 Å². The molecule has 0 fully saturated rings. The second-order valence-electron chi connectivity index (χ2n) is 16.7. The lowest BCUT2D eigenvalue weighted by atomic mass is 10.1. The summed E-state index contributed by atoms with van der Waals surface area (Å²) in [5, 5.41) is 0. The highest BCUT2D eigenvalue weighted by Crippen LogP contribution is 2.43. The summed E-state index contributed by atoms with van der Waals surface area (Å²) in [5.74, 6) is -0.918. The third kappa shape index (κ3) is 49.3. The summed E-state index contributed by atoms with van der Waals surface area (Å²) in [4.78, 5) is 35.5. The topological polar surface area (TPSA) is 108 Å². The summed E-state index contributed by atoms with van der Waals surface area (Å²) in [6, 6.07) is 0. The van der Waals surface area contributed by atoms with Gasteiger partial charge in [-0.3, -0.25) is 18.6 Å². The lowest BCUT2D eigenvalue weighted by molar-refractivity contribution is -0.870. The van der Waals surface area contributed by atoms with Crippen LogP contribution in [0.25, 0.3) is 0 Å². The molecule has 66 heavy (non-hydrogen) atoms. The zero-order valence-electron chi connectivity index (χ0n) is 41.6. The van der Waals surface area contributed by atoms with Gasteiger partial charge in [0.05, 0.1) is 27.7 Å². The Kier molecular flexibility index (Phi) is 43.2. The van der Waals surface area contributed by atoms with Crippen LogP contribution in [0.15, 0.2) is 146 Å². The molecule has 370 valence electrons. The van der Waals surface area contributed by atoms with E-state index in [4.69, 9.17) is 18.5 Å². The molecule has 2 atom stereocenters. The molecule has 1 N–H and O–H groups in total. The van der Waals surface area contributed by atoms with Crippen LogP contribution in [0.2, 0.25) is 0 Å². The summed E-state index contributed by atoms with van der Waals surface area (Å²) in [6.07, 6.45) is 67.6. The van der Waals surface area contributed by atoms with Gasteiger partial charge in [0.25, 0.3) is 0 Å². The first-order chi connectivity index (χ1) is 32.0. The number of likely N-dealkylation sites (N-methyl/N-ethyl adjacent to an activating group) is 1. The maximum absolute atomic E-state index is 12.7. The second-order valence-corrected chi connectivity index (χ2v) is 18.2. The average molecular weight is 935 g/mol. The van der Waals surface area contributed by atoms with Crippen LogP contribution in [0, 0.1) is 0 Å². The van der Waals surface area contributed by atoms with Gasteiger partial charge < -0.3 is 18.9 Å². The molecule has 0 aromatic heterocycles. The number of hydrogen-bond acceptors (Lipinski definition) is 7. The Morgan fingerprint density at radius 2 is 0.803 bits per heavy atom. The van der Waals surface area contributed by atoms with Crippen LogP contribution in [0.3, 0.4) is 0 Å². The van der Waals surface area contributed by atoms with Crippen molar-refractivity contribution in [3.63, 3.8) is 0 Å². The number of phosphoric ester groups is 1. The number of nitrogens with zero attached hydrogens (tertiary/aromatic N) is 1. The molecule has 0 spiro atoms. The smallest absolute Gasteiger partial charge is 0.462 e. The van der Waals surface area contributed by atoms with Crippen LogP contribution in [-0.2, 0) is 32.7 Å². The average Bonchev–Trinajstić information content (AvgIpc) is 3.27. The Morgan fingerprint density at radius 1 is 0.470 bits per heavy atom. The summed E-state index contributed by atoms with van der Waals surface area (Å²) in [7, 11) is 1.39. The van der Waals surface area contributed by atoms with Crippen LogP contribution >= 0.6 is 7.82 Å². The number of esters is 2. The Labute approximate surface area is 402 Å². The predicted molar refractivity (Wildman–Crippen MR) is 279 cm³/mol. The lowest BCUT2D eigenvalue weighted by Crippen LogP contribution is -2.37. The molecule has 0 aliphatic rings. The van der Waals surface area contributed by atoms with Crippen molar-refractivity contribution in [2.24, 2.45) is 0 Å². The van der Waals surface area contributed by atoms with E-state index in [-0.39, 0.29) is 26.1 Å². The largest absolute Gasteiger partial charge is 0.472 e. The molecule has 0 bridgehead atoms. The first kappa shape index (κ1) is 61.9. The SMILES string of the molecule is CC/C=C\C/C=C\C/C=C\C/C=C\C/C=C\C/C=C\CCCCC(=O)OCC(COP(=O)(O)OCC[N+](C)(C)C)OC(=O)CCCC/C=C\C/C=C\C/C=C\C/C=C\C/C=C\C/C=C\CC. The Hall–Kier alpha value is -4.11. The number of ether oxygens (including phenoxy) is 2. The van der Waals surface area contributed by atoms with Gasteiger partial charge in [-0.1, -0.05) is 160 Å². The van der Waals surface area contributed by atoms with Crippen molar-refractivity contribution in [1.82, 2.24) is 0 Å². The number of carbonyl (C=O) groups excluding carboxylic acids is 2. The first-order valence-electron chi connectivity index (χ1n) is 24.6. The number of rotatable bonds is 42. The van der Waals surface area contributed by atoms with Crippen LogP contribution < -0.4 is 0 Å². The lowest BCUT2D eigenvalue weighted by Gasteiger charge is -2.24. The van der Waals surface area contributed by atoms with Crippen molar-refractivity contribution in [1.29, 1.82) is 0 Å². The van der Waals surface area contributed by atoms with Crippen molar-refractivity contribution in [3.8, 4) is 0 Å². The van der Waals surface area contributed by atoms with Gasteiger partial charge in [0.2, 0.25) is 0 Å². The quantitative estimate of drug-likeness (QED) is 0.0212. The monoisotopic (exact) mass is 935 g/mol. The fraction of sp³-hybridized carbons (Fsp3) is 0.536. The van der Waals surface area contributed by atoms with Gasteiger partial charge in [0.15, 0.2) is 6.10 Å². The summed E-state index contributed by atoms with van der Waals surface area (Å²) >= 11 is 0. The van der Waals surface area contributed by atoms with Gasteiger partial charge in [-0.2, -0.15) is 0 Å². The van der Waals surface area contributed by atoms with E-state index < -0.39 is 32.5 Å². The molecule has 0 saturated heterocycles. The summed E-state index contributed by atoms with van der Waals surface area (Å²) in [5.41, 5.74) is 0. The van der Waals surface area contributed by atoms with Gasteiger partial charge in [-0.15, -0.1) is 0 Å². The molecular formula is C56H89NO8P+. The van der Waals surface area contributed by atoms with Gasteiger partial charge in [0, 0.05) is 12.8 Å². The molecule has 0 amide bonds. The van der Waals surface area contributed by atoms with Crippen molar-refractivity contribution in [2.75, 3.05) is 47.5 Å². The fourth-order valence-electron chi connectivity index (χ4n) is 5.61. The van der Waals surface area contributed by atoms with E-state index >= 15 is 0 Å². The highest BCUT2D eigenvalue weighted by atomic mass is 31.2. The molecule has 9 nitrogen and oxygen atoms in total. The standard InChI is InChI=1S/C56H88NO8P/c1-6-8-10-12-14-16-18-20-22-24-26-28-30-32-34-36-38-40-42-44-46-48-55(58)62-52-54(53-64-66(60,61)63-51-50-57(3,4)5)65-56(59)49-47-45-43-41-39-37-35-33-31-29-27-25-23-21-19-17-15-13-11-9-7-2/h8-11,14-17,20-23,26-29,32-35,38-41,54H,6-7,12-13,18-19,24-25,30-31,36-37,42-53H2,1-5H3/p+1/b10-8-,11-9-,16-14-,17-15-,22-20-,23-21-,28-26-,29-27-,34-32-,35-33-,40-38-,41-39-. The molecule has 0 rings (SSSR count). The third-order valence-electron chi connectivity index (χ3n) is 9.36. The van der Waals surface area contributed by atoms with E-state index in [9.17, 15) is 19.0 Å². The summed E-state index contributed by atoms with van der Waals surface area (Å²) < 4.78 is 34.3. The predicted octanol–water partition coefficient (Wildman–Crippen LogP) is 14.8. The van der Waals surface area contributed by atoms with Gasteiger partial charge in [0.1, 0.15) is 19.8 Å². The van der Waals surface area contributed by atoms with Crippen LogP contribution in [0.5, 0.6) is 0 Å². The maximum atomic E-state index is 12.7. The van der Waals surface area contributed by atoms with Crippen molar-refractivity contribution < 1.29 is 42.1 Å². The number of hydrogen-bond donors (Lipinski definition) is 1. The van der Waals surface area contributed by atoms with Gasteiger partial charge in [-0.05, 0) is 116 Å². The Balaban J connectivity index is 4.50. The highest BCUT2D eigenvalue weighted by Gasteiger charge is 2.27. The third-order valence-corrected chi connectivity index (χ3v) is 10.3. The molecule has 0 aromatic carbocycles. The minimum atomic E-state index is -4.42. The minimum absolute atomic E-state index is 0.00600. The first-order valence-corrected chi connectivity index (χ1v) is 26.1. The highest BCUT2D eigenvalue weighted by molar-refractivity contribution is 7.47. The fourth-order valence-corrected chi connectivity index (χ4v) is 6.35. The number of phosphoric acid groups is 1.